The first-order chi connectivity index (χ1) is 10.2. The summed E-state index contributed by atoms with van der Waals surface area (Å²) in [5.41, 5.74) is 1.59. The van der Waals surface area contributed by atoms with Crippen molar-refractivity contribution in [2.75, 3.05) is 0 Å². The highest BCUT2D eigenvalue weighted by Crippen LogP contribution is 2.21. The maximum absolute atomic E-state index is 2.37. The third-order valence-corrected chi connectivity index (χ3v) is 3.11. The first-order valence-electron chi connectivity index (χ1n) is 9.86. The molecular formula is C21H48. The molecule has 0 fully saturated rings. The zero-order chi connectivity index (χ0) is 17.5. The van der Waals surface area contributed by atoms with Gasteiger partial charge in [-0.15, -0.1) is 0 Å². The average molecular weight is 301 g/mol. The van der Waals surface area contributed by atoms with Crippen LogP contribution < -0.4 is 0 Å². The average Bonchev–Trinajstić information content (AvgIpc) is 2.57. The summed E-state index contributed by atoms with van der Waals surface area (Å²) in [6, 6.07) is 0. The molecule has 21 heavy (non-hydrogen) atoms. The van der Waals surface area contributed by atoms with Crippen molar-refractivity contribution < 1.29 is 0 Å². The predicted molar refractivity (Wildman–Crippen MR) is 105 cm³/mol. The van der Waals surface area contributed by atoms with Crippen LogP contribution in [-0.4, -0.2) is 0 Å². The Morgan fingerprint density at radius 1 is 0.857 bits per heavy atom. The number of hydrogen-bond donors (Lipinski definition) is 0. The van der Waals surface area contributed by atoms with E-state index in [-0.39, 0.29) is 0 Å². The molecule has 0 heteroatoms. The Hall–Kier alpha value is -0.260. The minimum absolute atomic E-state index is 0.943. The highest BCUT2D eigenvalue weighted by molar-refractivity contribution is 5.01. The molecule has 0 radical (unpaired) electrons. The summed E-state index contributed by atoms with van der Waals surface area (Å²) in [4.78, 5) is 0. The third kappa shape index (κ3) is 32.9. The second-order valence-electron chi connectivity index (χ2n) is 4.99. The third-order valence-electron chi connectivity index (χ3n) is 3.11. The van der Waals surface area contributed by atoms with Crippen molar-refractivity contribution >= 4 is 0 Å². The zero-order valence-electron chi connectivity index (χ0n) is 17.3. The van der Waals surface area contributed by atoms with E-state index in [2.05, 4.69) is 33.8 Å². The molecule has 1 rings (SSSR count). The Balaban J connectivity index is -0.000000102. The van der Waals surface area contributed by atoms with E-state index in [9.17, 15) is 0 Å². The highest BCUT2D eigenvalue weighted by Gasteiger charge is 2.05. The van der Waals surface area contributed by atoms with Crippen LogP contribution in [0.2, 0.25) is 0 Å². The summed E-state index contributed by atoms with van der Waals surface area (Å²) < 4.78 is 0. The summed E-state index contributed by atoms with van der Waals surface area (Å²) in [5, 5.41) is 0. The van der Waals surface area contributed by atoms with Gasteiger partial charge in [-0.2, -0.15) is 0 Å². The van der Waals surface area contributed by atoms with Gasteiger partial charge < -0.3 is 0 Å². The van der Waals surface area contributed by atoms with Crippen LogP contribution in [0.1, 0.15) is 121 Å². The molecule has 0 N–H and O–H groups in total. The first-order valence-corrected chi connectivity index (χ1v) is 9.86. The number of unbranched alkanes of at least 4 members (excludes halogenated alkanes) is 4. The number of rotatable bonds is 4. The fraction of sp³-hybridized carbons (Fsp3) is 0.905. The van der Waals surface area contributed by atoms with Crippen LogP contribution in [0.25, 0.3) is 0 Å². The number of allylic oxidation sites excluding steroid dienone is 2. The maximum Gasteiger partial charge on any atom is -0.0320 e. The molecule has 0 saturated carbocycles. The molecule has 0 aliphatic heterocycles. The van der Waals surface area contributed by atoms with Gasteiger partial charge in [0.05, 0.1) is 0 Å². The Kier molecular flexibility index (Phi) is 43.8. The van der Waals surface area contributed by atoms with Crippen molar-refractivity contribution in [2.24, 2.45) is 5.92 Å². The van der Waals surface area contributed by atoms with Crippen molar-refractivity contribution in [1.82, 2.24) is 0 Å². The van der Waals surface area contributed by atoms with Crippen LogP contribution in [-0.2, 0) is 0 Å². The second kappa shape index (κ2) is 31.9. The van der Waals surface area contributed by atoms with E-state index in [1.54, 1.807) is 5.57 Å². The largest absolute Gasteiger partial charge is 0.0853 e. The van der Waals surface area contributed by atoms with E-state index in [0.29, 0.717) is 0 Å². The molecule has 0 aromatic rings. The summed E-state index contributed by atoms with van der Waals surface area (Å²) in [6.45, 7) is 21.0. The summed E-state index contributed by atoms with van der Waals surface area (Å²) >= 11 is 0. The molecule has 0 heterocycles. The second-order valence-corrected chi connectivity index (χ2v) is 4.99. The van der Waals surface area contributed by atoms with Gasteiger partial charge in [-0.05, 0) is 32.1 Å². The summed E-state index contributed by atoms with van der Waals surface area (Å²) in [5.74, 6) is 0.943. The normalized spacial score (nSPS) is 15.3. The first kappa shape index (κ1) is 28.8. The van der Waals surface area contributed by atoms with E-state index in [4.69, 9.17) is 0 Å². The highest BCUT2D eigenvalue weighted by atomic mass is 14.1. The van der Waals surface area contributed by atoms with E-state index < -0.39 is 0 Å². The van der Waals surface area contributed by atoms with Crippen LogP contribution in [0.15, 0.2) is 11.6 Å². The molecule has 1 aliphatic rings. The van der Waals surface area contributed by atoms with Gasteiger partial charge in [-0.25, -0.2) is 0 Å². The van der Waals surface area contributed by atoms with E-state index >= 15 is 0 Å². The monoisotopic (exact) mass is 300 g/mol. The molecule has 0 bridgehead atoms. The smallest absolute Gasteiger partial charge is 0.0320 e. The van der Waals surface area contributed by atoms with Crippen LogP contribution in [0, 0.1) is 5.92 Å². The van der Waals surface area contributed by atoms with Crippen molar-refractivity contribution in [1.29, 1.82) is 0 Å². The molecule has 0 amide bonds. The van der Waals surface area contributed by atoms with Crippen molar-refractivity contribution in [2.45, 2.75) is 121 Å². The topological polar surface area (TPSA) is 0 Å². The predicted octanol–water partition coefficient (Wildman–Crippen LogP) is 8.81. The molecule has 0 aromatic carbocycles. The van der Waals surface area contributed by atoms with Crippen LogP contribution in [0.5, 0.6) is 0 Å². The van der Waals surface area contributed by atoms with Gasteiger partial charge in [0.15, 0.2) is 0 Å². The molecule has 0 aromatic heterocycles. The van der Waals surface area contributed by atoms with Crippen LogP contribution >= 0.6 is 0 Å². The van der Waals surface area contributed by atoms with Gasteiger partial charge in [0, 0.05) is 0 Å². The van der Waals surface area contributed by atoms with E-state index in [0.717, 1.165) is 5.92 Å². The molecule has 1 atom stereocenters. The Morgan fingerprint density at radius 3 is 1.52 bits per heavy atom. The van der Waals surface area contributed by atoms with Gasteiger partial charge in [-0.1, -0.05) is 106 Å². The molecule has 0 spiro atoms. The molecule has 0 nitrogen and oxygen atoms in total. The van der Waals surface area contributed by atoms with Crippen molar-refractivity contribution in [3.05, 3.63) is 11.6 Å². The Morgan fingerprint density at radius 2 is 1.29 bits per heavy atom. The lowest BCUT2D eigenvalue weighted by Gasteiger charge is -2.14. The number of hydrogen-bond acceptors (Lipinski definition) is 0. The summed E-state index contributed by atoms with van der Waals surface area (Å²) in [6.07, 6.45) is 13.4. The minimum atomic E-state index is 0.943. The van der Waals surface area contributed by atoms with E-state index in [1.165, 1.54) is 51.4 Å². The Labute approximate surface area is 138 Å². The van der Waals surface area contributed by atoms with Gasteiger partial charge in [0.2, 0.25) is 0 Å². The van der Waals surface area contributed by atoms with Crippen LogP contribution in [0.3, 0.4) is 0 Å². The SMILES string of the molecule is CC.CC.CC.CC1=CCC(C)CC1.CCCCCCC. The Bertz CT molecular complexity index is 151. The van der Waals surface area contributed by atoms with Gasteiger partial charge in [0.1, 0.15) is 0 Å². The minimum Gasteiger partial charge on any atom is -0.0853 e. The maximum atomic E-state index is 2.37. The molecular weight excluding hydrogens is 252 g/mol. The lowest BCUT2D eigenvalue weighted by molar-refractivity contribution is 0.514. The molecule has 1 unspecified atom stereocenters. The fourth-order valence-corrected chi connectivity index (χ4v) is 1.77. The fourth-order valence-electron chi connectivity index (χ4n) is 1.77. The lowest BCUT2D eigenvalue weighted by atomic mass is 9.92. The summed E-state index contributed by atoms with van der Waals surface area (Å²) in [7, 11) is 0. The van der Waals surface area contributed by atoms with Gasteiger partial charge in [0.25, 0.3) is 0 Å². The molecule has 1 aliphatic carbocycles. The lowest BCUT2D eigenvalue weighted by Crippen LogP contribution is -1.98. The van der Waals surface area contributed by atoms with Crippen molar-refractivity contribution in [3.8, 4) is 0 Å². The molecule has 132 valence electrons. The van der Waals surface area contributed by atoms with E-state index in [1.807, 2.05) is 41.5 Å². The van der Waals surface area contributed by atoms with Crippen molar-refractivity contribution in [3.63, 3.8) is 0 Å². The van der Waals surface area contributed by atoms with Crippen LogP contribution in [0.4, 0.5) is 0 Å². The quantitative estimate of drug-likeness (QED) is 0.359. The van der Waals surface area contributed by atoms with Gasteiger partial charge in [-0.3, -0.25) is 0 Å². The zero-order valence-corrected chi connectivity index (χ0v) is 17.3. The standard InChI is InChI=1S/C8H14.C7H16.3C2H6/c1-7-3-5-8(2)6-4-7;1-3-5-7-6-4-2;3*1-2/h3,8H,4-6H2,1-2H3;3-7H2,1-2H3;3*1-2H3. The van der Waals surface area contributed by atoms with Gasteiger partial charge >= 0.3 is 0 Å². The molecule has 0 saturated heterocycles.